The minimum Gasteiger partial charge on any atom is -0.351 e. The first-order valence-electron chi connectivity index (χ1n) is 7.96. The largest absolute Gasteiger partial charge is 0.351 e. The lowest BCUT2D eigenvalue weighted by molar-refractivity contribution is 0.0746. The third-order valence-electron chi connectivity index (χ3n) is 4.74. The minimum absolute atomic E-state index is 0.0518. The fourth-order valence-electron chi connectivity index (χ4n) is 3.26. The molecule has 5 heteroatoms. The van der Waals surface area contributed by atoms with Crippen molar-refractivity contribution in [3.63, 3.8) is 0 Å². The molecule has 1 saturated carbocycles. The van der Waals surface area contributed by atoms with Gasteiger partial charge in [0.25, 0.3) is 5.91 Å². The Morgan fingerprint density at radius 3 is 2.74 bits per heavy atom. The van der Waals surface area contributed by atoms with Gasteiger partial charge in [-0.1, -0.05) is 35.5 Å². The molecule has 1 aliphatic carbocycles. The molecular formula is C18H17N3O2. The average Bonchev–Trinajstić information content (AvgIpc) is 3.17. The lowest BCUT2D eigenvalue weighted by Crippen LogP contribution is -2.28. The average molecular weight is 307 g/mol. The Morgan fingerprint density at radius 2 is 2.04 bits per heavy atom. The van der Waals surface area contributed by atoms with Gasteiger partial charge in [0.2, 0.25) is 5.76 Å². The van der Waals surface area contributed by atoms with E-state index in [0.717, 1.165) is 24.1 Å². The van der Waals surface area contributed by atoms with Crippen LogP contribution in [0.25, 0.3) is 0 Å². The van der Waals surface area contributed by atoms with Crippen molar-refractivity contribution in [3.8, 4) is 6.07 Å². The first kappa shape index (κ1) is 14.0. The molecule has 0 radical (unpaired) electrons. The second kappa shape index (κ2) is 5.54. The van der Waals surface area contributed by atoms with Crippen LogP contribution in [0.3, 0.4) is 0 Å². The Morgan fingerprint density at radius 1 is 1.26 bits per heavy atom. The zero-order valence-electron chi connectivity index (χ0n) is 12.7. The van der Waals surface area contributed by atoms with Crippen LogP contribution >= 0.6 is 0 Å². The molecule has 1 aromatic carbocycles. The van der Waals surface area contributed by atoms with Crippen molar-refractivity contribution in [2.24, 2.45) is 5.92 Å². The van der Waals surface area contributed by atoms with Gasteiger partial charge in [-0.2, -0.15) is 5.26 Å². The number of amides is 1. The van der Waals surface area contributed by atoms with Gasteiger partial charge in [-0.25, -0.2) is 0 Å². The second-order valence-electron chi connectivity index (χ2n) is 6.35. The molecule has 0 N–H and O–H groups in total. The summed E-state index contributed by atoms with van der Waals surface area (Å²) in [6.45, 7) is 0.981. The number of nitrogens with zero attached hydrogens (tertiary/aromatic N) is 3. The molecule has 116 valence electrons. The summed E-state index contributed by atoms with van der Waals surface area (Å²) < 4.78 is 5.23. The Balaban J connectivity index is 1.53. The SMILES string of the molecule is N#C[C@@H]1CN(C(=O)c2cc(C3CC3)no2)C[C@H]1c1ccccc1. The Hall–Kier alpha value is -2.61. The first-order chi connectivity index (χ1) is 11.3. The number of nitriles is 1. The van der Waals surface area contributed by atoms with Crippen LogP contribution in [0.5, 0.6) is 0 Å². The number of aromatic nitrogens is 1. The molecule has 0 spiro atoms. The second-order valence-corrected chi connectivity index (χ2v) is 6.35. The van der Waals surface area contributed by atoms with E-state index in [9.17, 15) is 10.1 Å². The minimum atomic E-state index is -0.188. The van der Waals surface area contributed by atoms with Crippen LogP contribution < -0.4 is 0 Å². The van der Waals surface area contributed by atoms with Crippen LogP contribution in [0.15, 0.2) is 40.9 Å². The van der Waals surface area contributed by atoms with Gasteiger partial charge >= 0.3 is 0 Å². The number of hydrogen-bond acceptors (Lipinski definition) is 4. The molecular weight excluding hydrogens is 290 g/mol. The molecule has 5 nitrogen and oxygen atoms in total. The topological polar surface area (TPSA) is 70.1 Å². The molecule has 2 aromatic rings. The van der Waals surface area contributed by atoms with E-state index in [-0.39, 0.29) is 23.5 Å². The summed E-state index contributed by atoms with van der Waals surface area (Å²) in [7, 11) is 0. The maximum atomic E-state index is 12.6. The van der Waals surface area contributed by atoms with Crippen LogP contribution in [0.4, 0.5) is 0 Å². The van der Waals surface area contributed by atoms with E-state index < -0.39 is 0 Å². The highest BCUT2D eigenvalue weighted by Crippen LogP contribution is 2.40. The molecule has 1 aliphatic heterocycles. The number of rotatable bonds is 3. The van der Waals surface area contributed by atoms with E-state index in [2.05, 4.69) is 11.2 Å². The van der Waals surface area contributed by atoms with E-state index in [1.807, 2.05) is 30.3 Å². The fourth-order valence-corrected chi connectivity index (χ4v) is 3.26. The molecule has 2 heterocycles. The van der Waals surface area contributed by atoms with E-state index in [0.29, 0.717) is 19.0 Å². The molecule has 4 rings (SSSR count). The fraction of sp³-hybridized carbons (Fsp3) is 0.389. The number of carbonyl (C=O) groups is 1. The van der Waals surface area contributed by atoms with Gasteiger partial charge < -0.3 is 9.42 Å². The smallest absolute Gasteiger partial charge is 0.292 e. The molecule has 2 fully saturated rings. The third kappa shape index (κ3) is 2.61. The van der Waals surface area contributed by atoms with Gasteiger partial charge in [0.1, 0.15) is 0 Å². The van der Waals surface area contributed by atoms with Gasteiger partial charge in [0.15, 0.2) is 0 Å². The van der Waals surface area contributed by atoms with Crippen molar-refractivity contribution in [2.75, 3.05) is 13.1 Å². The predicted octanol–water partition coefficient (Wildman–Crippen LogP) is 2.93. The zero-order valence-corrected chi connectivity index (χ0v) is 12.7. The van der Waals surface area contributed by atoms with E-state index >= 15 is 0 Å². The van der Waals surface area contributed by atoms with Gasteiger partial charge in [-0.05, 0) is 18.4 Å². The highest BCUT2D eigenvalue weighted by atomic mass is 16.5. The lowest BCUT2D eigenvalue weighted by atomic mass is 9.90. The predicted molar refractivity (Wildman–Crippen MR) is 82.7 cm³/mol. The van der Waals surface area contributed by atoms with Crippen LogP contribution in [0.1, 0.15) is 46.5 Å². The van der Waals surface area contributed by atoms with E-state index in [1.165, 1.54) is 0 Å². The Labute approximate surface area is 134 Å². The molecule has 2 atom stereocenters. The Bertz CT molecular complexity index is 758. The summed E-state index contributed by atoms with van der Waals surface area (Å²) in [5.41, 5.74) is 1.98. The maximum absolute atomic E-state index is 12.6. The molecule has 0 unspecified atom stereocenters. The quantitative estimate of drug-likeness (QED) is 0.874. The van der Waals surface area contributed by atoms with E-state index in [1.54, 1.807) is 11.0 Å². The number of carbonyl (C=O) groups excluding carboxylic acids is 1. The summed E-state index contributed by atoms with van der Waals surface area (Å²) in [5, 5.41) is 13.4. The summed E-state index contributed by atoms with van der Waals surface area (Å²) in [6.07, 6.45) is 2.24. The van der Waals surface area contributed by atoms with Gasteiger partial charge in [-0.3, -0.25) is 4.79 Å². The monoisotopic (exact) mass is 307 g/mol. The van der Waals surface area contributed by atoms with Crippen molar-refractivity contribution in [2.45, 2.75) is 24.7 Å². The van der Waals surface area contributed by atoms with Crippen LogP contribution in [-0.4, -0.2) is 29.1 Å². The highest BCUT2D eigenvalue weighted by Gasteiger charge is 2.38. The highest BCUT2D eigenvalue weighted by molar-refractivity contribution is 5.91. The van der Waals surface area contributed by atoms with Crippen molar-refractivity contribution in [1.82, 2.24) is 10.1 Å². The van der Waals surface area contributed by atoms with Gasteiger partial charge in [0.05, 0.1) is 17.7 Å². The van der Waals surface area contributed by atoms with E-state index in [4.69, 9.17) is 4.52 Å². The lowest BCUT2D eigenvalue weighted by Gasteiger charge is -2.14. The Kier molecular flexibility index (Phi) is 3.38. The number of benzene rings is 1. The molecule has 1 saturated heterocycles. The molecule has 0 bridgehead atoms. The molecule has 2 aliphatic rings. The van der Waals surface area contributed by atoms with Crippen molar-refractivity contribution >= 4 is 5.91 Å². The molecule has 1 aromatic heterocycles. The summed E-state index contributed by atoms with van der Waals surface area (Å²) >= 11 is 0. The third-order valence-corrected chi connectivity index (χ3v) is 4.74. The van der Waals surface area contributed by atoms with Crippen LogP contribution in [0.2, 0.25) is 0 Å². The number of likely N-dealkylation sites (tertiary alicyclic amines) is 1. The van der Waals surface area contributed by atoms with Crippen LogP contribution in [0, 0.1) is 17.2 Å². The molecule has 1 amide bonds. The normalized spacial score (nSPS) is 23.7. The zero-order chi connectivity index (χ0) is 15.8. The summed E-state index contributed by atoms with van der Waals surface area (Å²) in [5.74, 6) is 0.450. The van der Waals surface area contributed by atoms with Crippen molar-refractivity contribution in [1.29, 1.82) is 5.26 Å². The van der Waals surface area contributed by atoms with Crippen molar-refractivity contribution < 1.29 is 9.32 Å². The standard InChI is InChI=1S/C18H17N3O2/c19-9-14-10-21(11-15(14)12-4-2-1-3-5-12)18(22)17-8-16(20-23-17)13-6-7-13/h1-5,8,13-15H,6-7,10-11H2/t14-,15+/m1/s1. The maximum Gasteiger partial charge on any atom is 0.292 e. The number of hydrogen-bond donors (Lipinski definition) is 0. The van der Waals surface area contributed by atoms with Crippen LogP contribution in [-0.2, 0) is 0 Å². The first-order valence-corrected chi connectivity index (χ1v) is 7.96. The van der Waals surface area contributed by atoms with Gasteiger partial charge in [0, 0.05) is 31.0 Å². The van der Waals surface area contributed by atoms with Gasteiger partial charge in [-0.15, -0.1) is 0 Å². The summed E-state index contributed by atoms with van der Waals surface area (Å²) in [4.78, 5) is 14.3. The molecule has 23 heavy (non-hydrogen) atoms. The summed E-state index contributed by atoms with van der Waals surface area (Å²) in [6, 6.07) is 14.0. The van der Waals surface area contributed by atoms with Crippen molar-refractivity contribution in [3.05, 3.63) is 53.4 Å².